The summed E-state index contributed by atoms with van der Waals surface area (Å²) in [7, 11) is -3.45. The molecule has 0 atom stereocenters. The summed E-state index contributed by atoms with van der Waals surface area (Å²) < 4.78 is 26.0. The van der Waals surface area contributed by atoms with Crippen LogP contribution in [0.1, 0.15) is 5.69 Å². The highest BCUT2D eigenvalue weighted by Gasteiger charge is 2.15. The third-order valence-electron chi connectivity index (χ3n) is 3.02. The van der Waals surface area contributed by atoms with Gasteiger partial charge in [0, 0.05) is 30.9 Å². The molecule has 22 heavy (non-hydrogen) atoms. The molecule has 0 N–H and O–H groups in total. The minimum Gasteiger partial charge on any atom is -0.316 e. The molecule has 0 bridgehead atoms. The first-order valence-corrected chi connectivity index (χ1v) is 8.50. The summed E-state index contributed by atoms with van der Waals surface area (Å²) in [5.41, 5.74) is 0.590. The van der Waals surface area contributed by atoms with Gasteiger partial charge >= 0.3 is 0 Å². The van der Waals surface area contributed by atoms with Crippen molar-refractivity contribution in [1.82, 2.24) is 18.9 Å². The Hall–Kier alpha value is -2.19. The van der Waals surface area contributed by atoms with E-state index in [-0.39, 0.29) is 17.3 Å². The van der Waals surface area contributed by atoms with E-state index in [4.69, 9.17) is 11.6 Å². The van der Waals surface area contributed by atoms with E-state index in [0.29, 0.717) is 16.4 Å². The molecule has 114 valence electrons. The van der Waals surface area contributed by atoms with E-state index in [1.807, 2.05) is 0 Å². The summed E-state index contributed by atoms with van der Waals surface area (Å²) in [6.07, 6.45) is 5.48. The lowest BCUT2D eigenvalue weighted by atomic mass is 10.3. The number of halogens is 1. The van der Waals surface area contributed by atoms with Crippen molar-refractivity contribution in [3.05, 3.63) is 57.9 Å². The van der Waals surface area contributed by atoms with Crippen molar-refractivity contribution in [2.45, 2.75) is 11.7 Å². The molecule has 9 heteroatoms. The van der Waals surface area contributed by atoms with Gasteiger partial charge in [0.2, 0.25) is 15.0 Å². The number of rotatable bonds is 3. The number of hydrogen-bond donors (Lipinski definition) is 0. The molecule has 0 aliphatic heterocycles. The van der Waals surface area contributed by atoms with Crippen molar-refractivity contribution in [1.29, 1.82) is 0 Å². The largest absolute Gasteiger partial charge is 0.316 e. The smallest absolute Gasteiger partial charge is 0.258 e. The number of sulfone groups is 1. The fourth-order valence-corrected chi connectivity index (χ4v) is 3.09. The van der Waals surface area contributed by atoms with Gasteiger partial charge in [0.25, 0.3) is 5.56 Å². The van der Waals surface area contributed by atoms with Gasteiger partial charge in [0.1, 0.15) is 5.65 Å². The molecule has 0 amide bonds. The third kappa shape index (κ3) is 2.75. The second kappa shape index (κ2) is 5.22. The van der Waals surface area contributed by atoms with Crippen molar-refractivity contribution in [2.24, 2.45) is 0 Å². The summed E-state index contributed by atoms with van der Waals surface area (Å²) in [4.78, 5) is 20.2. The zero-order chi connectivity index (χ0) is 15.9. The number of hydrogen-bond acceptors (Lipinski definition) is 5. The molecular weight excluding hydrogens is 328 g/mol. The second-order valence-electron chi connectivity index (χ2n) is 4.77. The molecule has 0 unspecified atom stereocenters. The summed E-state index contributed by atoms with van der Waals surface area (Å²) in [5.74, 6) is 0. The molecule has 0 saturated heterocycles. The fourth-order valence-electron chi connectivity index (χ4n) is 2.13. The number of nitrogens with zero attached hydrogens (tertiary/aromatic N) is 4. The predicted octanol–water partition coefficient (Wildman–Crippen LogP) is 0.996. The molecule has 0 spiro atoms. The third-order valence-corrected chi connectivity index (χ3v) is 4.24. The van der Waals surface area contributed by atoms with Crippen LogP contribution in [-0.2, 0) is 16.4 Å². The number of pyridine rings is 1. The van der Waals surface area contributed by atoms with Gasteiger partial charge in [-0.1, -0.05) is 11.6 Å². The maximum Gasteiger partial charge on any atom is 0.258 e. The maximum absolute atomic E-state index is 12.1. The molecule has 3 aromatic heterocycles. The average Bonchev–Trinajstić information content (AvgIpc) is 2.88. The van der Waals surface area contributed by atoms with Crippen molar-refractivity contribution in [3.8, 4) is 0 Å². The molecule has 0 fully saturated rings. The molecule has 3 rings (SSSR count). The fraction of sp³-hybridized carbons (Fsp3) is 0.154. The number of aromatic nitrogens is 4. The standard InChI is InChI=1S/C13H11ClN4O3S/c1-22(20,21)13-15-4-5-17(13)8-10-6-12(19)18-7-9(14)2-3-11(18)16-10/h2-7H,8H2,1H3. The lowest BCUT2D eigenvalue weighted by Crippen LogP contribution is -2.17. The lowest BCUT2D eigenvalue weighted by molar-refractivity contribution is 0.577. The summed E-state index contributed by atoms with van der Waals surface area (Å²) in [6, 6.07) is 4.60. The van der Waals surface area contributed by atoms with Crippen LogP contribution >= 0.6 is 11.6 Å². The van der Waals surface area contributed by atoms with Crippen molar-refractivity contribution < 1.29 is 8.42 Å². The molecule has 3 heterocycles. The van der Waals surface area contributed by atoms with E-state index in [9.17, 15) is 13.2 Å². The van der Waals surface area contributed by atoms with Gasteiger partial charge in [0.05, 0.1) is 17.3 Å². The highest BCUT2D eigenvalue weighted by molar-refractivity contribution is 7.90. The molecular formula is C13H11ClN4O3S. The van der Waals surface area contributed by atoms with Crippen LogP contribution in [0.2, 0.25) is 5.02 Å². The minimum atomic E-state index is -3.45. The van der Waals surface area contributed by atoms with Gasteiger partial charge in [0.15, 0.2) is 0 Å². The molecule has 7 nitrogen and oxygen atoms in total. The SMILES string of the molecule is CS(=O)(=O)c1nccn1Cc1cc(=O)n2cc(Cl)ccc2n1. The highest BCUT2D eigenvalue weighted by Crippen LogP contribution is 2.11. The van der Waals surface area contributed by atoms with Gasteiger partial charge in [-0.2, -0.15) is 0 Å². The van der Waals surface area contributed by atoms with Gasteiger partial charge < -0.3 is 4.57 Å². The van der Waals surface area contributed by atoms with Crippen LogP contribution in [0.15, 0.2) is 46.7 Å². The quantitative estimate of drug-likeness (QED) is 0.711. The van der Waals surface area contributed by atoms with E-state index in [0.717, 1.165) is 6.26 Å². The minimum absolute atomic E-state index is 0.0643. The van der Waals surface area contributed by atoms with Crippen LogP contribution in [0.5, 0.6) is 0 Å². The Balaban J connectivity index is 2.08. The Bertz CT molecular complexity index is 1020. The molecule has 0 aliphatic carbocycles. The lowest BCUT2D eigenvalue weighted by Gasteiger charge is -2.07. The first-order chi connectivity index (χ1) is 10.3. The molecule has 0 saturated carbocycles. The monoisotopic (exact) mass is 338 g/mol. The van der Waals surface area contributed by atoms with Gasteiger partial charge in [-0.05, 0) is 12.1 Å². The Morgan fingerprint density at radius 3 is 2.82 bits per heavy atom. The number of imidazole rings is 1. The van der Waals surface area contributed by atoms with Crippen LogP contribution in [-0.4, -0.2) is 33.6 Å². The zero-order valence-corrected chi connectivity index (χ0v) is 13.0. The van der Waals surface area contributed by atoms with Crippen LogP contribution < -0.4 is 5.56 Å². The number of fused-ring (bicyclic) bond motifs is 1. The van der Waals surface area contributed by atoms with Crippen LogP contribution in [0.4, 0.5) is 0 Å². The Kier molecular flexibility index (Phi) is 3.50. The van der Waals surface area contributed by atoms with E-state index >= 15 is 0 Å². The zero-order valence-electron chi connectivity index (χ0n) is 11.5. The van der Waals surface area contributed by atoms with E-state index in [1.165, 1.54) is 33.6 Å². The van der Waals surface area contributed by atoms with Gasteiger partial charge in [-0.25, -0.2) is 18.4 Å². The first-order valence-electron chi connectivity index (χ1n) is 6.23. The van der Waals surface area contributed by atoms with E-state index in [1.54, 1.807) is 12.1 Å². The van der Waals surface area contributed by atoms with Crippen LogP contribution in [0.3, 0.4) is 0 Å². The summed E-state index contributed by atoms with van der Waals surface area (Å²) in [6.45, 7) is 0.136. The second-order valence-corrected chi connectivity index (χ2v) is 7.12. The van der Waals surface area contributed by atoms with Gasteiger partial charge in [-0.3, -0.25) is 9.20 Å². The average molecular weight is 339 g/mol. The van der Waals surface area contributed by atoms with Crippen molar-refractivity contribution >= 4 is 27.1 Å². The van der Waals surface area contributed by atoms with Crippen molar-refractivity contribution in [3.63, 3.8) is 0 Å². The predicted molar refractivity (Wildman–Crippen MR) is 80.9 cm³/mol. The topological polar surface area (TPSA) is 86.3 Å². The van der Waals surface area contributed by atoms with Crippen LogP contribution in [0, 0.1) is 0 Å². The van der Waals surface area contributed by atoms with E-state index < -0.39 is 9.84 Å². The normalized spacial score (nSPS) is 11.9. The Morgan fingerprint density at radius 1 is 1.32 bits per heavy atom. The Labute approximate surface area is 130 Å². The molecule has 0 aromatic carbocycles. The molecule has 0 radical (unpaired) electrons. The maximum atomic E-state index is 12.1. The van der Waals surface area contributed by atoms with Gasteiger partial charge in [-0.15, -0.1) is 0 Å². The molecule has 0 aliphatic rings. The highest BCUT2D eigenvalue weighted by atomic mass is 35.5. The summed E-state index contributed by atoms with van der Waals surface area (Å²) >= 11 is 5.85. The Morgan fingerprint density at radius 2 is 2.09 bits per heavy atom. The molecule has 3 aromatic rings. The van der Waals surface area contributed by atoms with E-state index in [2.05, 4.69) is 9.97 Å². The van der Waals surface area contributed by atoms with Crippen molar-refractivity contribution in [2.75, 3.05) is 6.26 Å². The van der Waals surface area contributed by atoms with Crippen LogP contribution in [0.25, 0.3) is 5.65 Å². The summed E-state index contributed by atoms with van der Waals surface area (Å²) in [5, 5.41) is 0.365. The first kappa shape index (κ1) is 14.7.